The third kappa shape index (κ3) is 2.63. The summed E-state index contributed by atoms with van der Waals surface area (Å²) in [7, 11) is 1.93. The molecule has 0 spiro atoms. The van der Waals surface area contributed by atoms with E-state index in [0.29, 0.717) is 5.56 Å². The van der Waals surface area contributed by atoms with Crippen LogP contribution in [0.25, 0.3) is 22.5 Å². The number of aryl methyl sites for hydroxylation is 2. The maximum atomic E-state index is 11.1. The predicted molar refractivity (Wildman–Crippen MR) is 87.3 cm³/mol. The summed E-state index contributed by atoms with van der Waals surface area (Å²) >= 11 is 0. The first-order chi connectivity index (χ1) is 10.5. The van der Waals surface area contributed by atoms with E-state index in [1.165, 1.54) is 5.56 Å². The second-order valence-electron chi connectivity index (χ2n) is 5.35. The van der Waals surface area contributed by atoms with Crippen LogP contribution in [0.15, 0.2) is 54.6 Å². The van der Waals surface area contributed by atoms with Crippen molar-refractivity contribution in [1.82, 2.24) is 9.78 Å². The van der Waals surface area contributed by atoms with Gasteiger partial charge in [0.25, 0.3) is 0 Å². The van der Waals surface area contributed by atoms with Crippen LogP contribution in [0.2, 0.25) is 0 Å². The monoisotopic (exact) mass is 291 g/mol. The first kappa shape index (κ1) is 14.1. The van der Waals surface area contributed by atoms with E-state index in [0.717, 1.165) is 22.5 Å². The lowest BCUT2D eigenvalue weighted by atomic mass is 10.1. The fourth-order valence-electron chi connectivity index (χ4n) is 2.41. The zero-order chi connectivity index (χ0) is 15.7. The number of carbonyl (C=O) groups is 1. The Morgan fingerprint density at radius 2 is 1.59 bits per heavy atom. The highest BCUT2D eigenvalue weighted by Gasteiger charge is 2.09. The van der Waals surface area contributed by atoms with Crippen LogP contribution in [0.4, 0.5) is 0 Å². The Morgan fingerprint density at radius 1 is 1.00 bits per heavy atom. The summed E-state index contributed by atoms with van der Waals surface area (Å²) in [6, 6.07) is 17.6. The average Bonchev–Trinajstić information content (AvgIpc) is 2.90. The molecule has 0 unspecified atom stereocenters. The Bertz CT molecular complexity index is 815. The van der Waals surface area contributed by atoms with Crippen LogP contribution in [-0.4, -0.2) is 15.7 Å². The van der Waals surface area contributed by atoms with Gasteiger partial charge in [-0.15, -0.1) is 0 Å². The normalized spacial score (nSPS) is 10.6. The van der Waals surface area contributed by atoms with E-state index in [-0.39, 0.29) is 0 Å². The molecular weight excluding hydrogens is 274 g/mol. The molecule has 2 aromatic carbocycles. The number of nitrogens with zero attached hydrogens (tertiary/aromatic N) is 2. The summed E-state index contributed by atoms with van der Waals surface area (Å²) in [4.78, 5) is 11.1. The van der Waals surface area contributed by atoms with E-state index in [1.54, 1.807) is 12.1 Å². The van der Waals surface area contributed by atoms with E-state index in [4.69, 9.17) is 5.73 Å². The topological polar surface area (TPSA) is 60.9 Å². The fourth-order valence-corrected chi connectivity index (χ4v) is 2.41. The second-order valence-corrected chi connectivity index (χ2v) is 5.35. The van der Waals surface area contributed by atoms with E-state index in [1.807, 2.05) is 29.9 Å². The van der Waals surface area contributed by atoms with Gasteiger partial charge in [0.15, 0.2) is 0 Å². The minimum atomic E-state index is -0.423. The van der Waals surface area contributed by atoms with Crippen LogP contribution >= 0.6 is 0 Å². The summed E-state index contributed by atoms with van der Waals surface area (Å²) in [5, 5.41) is 4.55. The molecule has 4 heteroatoms. The molecule has 1 amide bonds. The Hall–Kier alpha value is -2.88. The molecule has 0 aliphatic heterocycles. The van der Waals surface area contributed by atoms with Crippen molar-refractivity contribution in [3.63, 3.8) is 0 Å². The minimum Gasteiger partial charge on any atom is -0.366 e. The highest BCUT2D eigenvalue weighted by Crippen LogP contribution is 2.26. The lowest BCUT2D eigenvalue weighted by Crippen LogP contribution is -2.10. The van der Waals surface area contributed by atoms with Crippen LogP contribution in [-0.2, 0) is 7.05 Å². The van der Waals surface area contributed by atoms with Crippen LogP contribution in [0.3, 0.4) is 0 Å². The molecule has 0 radical (unpaired) electrons. The third-order valence-electron chi connectivity index (χ3n) is 3.69. The molecule has 0 saturated carbocycles. The lowest BCUT2D eigenvalue weighted by molar-refractivity contribution is 0.100. The van der Waals surface area contributed by atoms with Crippen molar-refractivity contribution in [2.75, 3.05) is 0 Å². The maximum absolute atomic E-state index is 11.1. The van der Waals surface area contributed by atoms with Crippen LogP contribution in [0.1, 0.15) is 15.9 Å². The number of hydrogen-bond donors (Lipinski definition) is 1. The molecule has 0 aliphatic carbocycles. The summed E-state index contributed by atoms with van der Waals surface area (Å²) in [5.41, 5.74) is 11.0. The largest absolute Gasteiger partial charge is 0.366 e. The molecule has 3 rings (SSSR count). The molecule has 0 fully saturated rings. The van der Waals surface area contributed by atoms with Gasteiger partial charge in [-0.25, -0.2) is 0 Å². The van der Waals surface area contributed by atoms with E-state index in [2.05, 4.69) is 36.3 Å². The number of primary amides is 1. The van der Waals surface area contributed by atoms with Crippen molar-refractivity contribution in [2.24, 2.45) is 12.8 Å². The number of hydrogen-bond acceptors (Lipinski definition) is 2. The Kier molecular flexibility index (Phi) is 3.51. The Balaban J connectivity index is 1.98. The molecular formula is C18H17N3O. The first-order valence-electron chi connectivity index (χ1n) is 7.06. The van der Waals surface area contributed by atoms with Gasteiger partial charge in [-0.05, 0) is 30.7 Å². The van der Waals surface area contributed by atoms with E-state index >= 15 is 0 Å². The van der Waals surface area contributed by atoms with Gasteiger partial charge in [-0.2, -0.15) is 5.10 Å². The molecule has 2 N–H and O–H groups in total. The Labute approximate surface area is 129 Å². The second kappa shape index (κ2) is 5.48. The van der Waals surface area contributed by atoms with Crippen LogP contribution in [0, 0.1) is 6.92 Å². The maximum Gasteiger partial charge on any atom is 0.248 e. The van der Waals surface area contributed by atoms with Crippen molar-refractivity contribution < 1.29 is 4.79 Å². The van der Waals surface area contributed by atoms with Gasteiger partial charge in [0.2, 0.25) is 5.91 Å². The van der Waals surface area contributed by atoms with Crippen LogP contribution in [0.5, 0.6) is 0 Å². The van der Waals surface area contributed by atoms with Crippen molar-refractivity contribution in [1.29, 1.82) is 0 Å². The number of nitrogens with two attached hydrogens (primary N) is 1. The molecule has 4 nitrogen and oxygen atoms in total. The molecule has 3 aromatic rings. The third-order valence-corrected chi connectivity index (χ3v) is 3.69. The quantitative estimate of drug-likeness (QED) is 0.805. The highest BCUT2D eigenvalue weighted by atomic mass is 16.1. The number of benzene rings is 2. The highest BCUT2D eigenvalue weighted by molar-refractivity contribution is 5.93. The molecule has 0 atom stereocenters. The molecule has 1 aromatic heterocycles. The summed E-state index contributed by atoms with van der Waals surface area (Å²) in [5.74, 6) is -0.423. The Morgan fingerprint density at radius 3 is 2.18 bits per heavy atom. The van der Waals surface area contributed by atoms with Gasteiger partial charge in [0.1, 0.15) is 0 Å². The van der Waals surface area contributed by atoms with Crippen molar-refractivity contribution in [3.8, 4) is 22.5 Å². The molecule has 0 bridgehead atoms. The van der Waals surface area contributed by atoms with Crippen molar-refractivity contribution in [2.45, 2.75) is 6.92 Å². The number of amides is 1. The van der Waals surface area contributed by atoms with Gasteiger partial charge >= 0.3 is 0 Å². The number of aromatic nitrogens is 2. The summed E-state index contributed by atoms with van der Waals surface area (Å²) in [6.45, 7) is 2.07. The van der Waals surface area contributed by atoms with Crippen molar-refractivity contribution in [3.05, 3.63) is 65.7 Å². The number of rotatable bonds is 3. The van der Waals surface area contributed by atoms with Crippen molar-refractivity contribution >= 4 is 5.91 Å². The van der Waals surface area contributed by atoms with Gasteiger partial charge in [-0.1, -0.05) is 42.0 Å². The fraction of sp³-hybridized carbons (Fsp3) is 0.111. The SMILES string of the molecule is Cc1ccc(-c2cc(-c3ccc(C(N)=O)cc3)nn2C)cc1. The minimum absolute atomic E-state index is 0.423. The standard InChI is InChI=1S/C18H17N3O/c1-12-3-5-14(6-4-12)17-11-16(20-21(17)2)13-7-9-15(10-8-13)18(19)22/h3-11H,1-2H3,(H2,19,22). The lowest BCUT2D eigenvalue weighted by Gasteiger charge is -2.01. The van der Waals surface area contributed by atoms with Gasteiger partial charge < -0.3 is 5.73 Å². The zero-order valence-electron chi connectivity index (χ0n) is 12.6. The molecule has 110 valence electrons. The average molecular weight is 291 g/mol. The smallest absolute Gasteiger partial charge is 0.248 e. The first-order valence-corrected chi connectivity index (χ1v) is 7.06. The predicted octanol–water partition coefficient (Wildman–Crippen LogP) is 3.16. The van der Waals surface area contributed by atoms with Crippen LogP contribution < -0.4 is 5.73 Å². The molecule has 0 aliphatic rings. The van der Waals surface area contributed by atoms with E-state index < -0.39 is 5.91 Å². The van der Waals surface area contributed by atoms with Gasteiger partial charge in [0.05, 0.1) is 11.4 Å². The molecule has 1 heterocycles. The number of carbonyl (C=O) groups excluding carboxylic acids is 1. The zero-order valence-corrected chi connectivity index (χ0v) is 12.6. The molecule has 22 heavy (non-hydrogen) atoms. The van der Waals surface area contributed by atoms with Gasteiger partial charge in [0, 0.05) is 18.2 Å². The summed E-state index contributed by atoms with van der Waals surface area (Å²) in [6.07, 6.45) is 0. The summed E-state index contributed by atoms with van der Waals surface area (Å²) < 4.78 is 1.86. The van der Waals surface area contributed by atoms with Gasteiger partial charge in [-0.3, -0.25) is 9.48 Å². The molecule has 0 saturated heterocycles. The van der Waals surface area contributed by atoms with E-state index in [9.17, 15) is 4.79 Å².